The third kappa shape index (κ3) is 5.38. The quantitative estimate of drug-likeness (QED) is 0.718. The van der Waals surface area contributed by atoms with Gasteiger partial charge >= 0.3 is 11.9 Å². The monoisotopic (exact) mass is 279 g/mol. The van der Waals surface area contributed by atoms with Crippen LogP contribution in [0.4, 0.5) is 0 Å². The number of aromatic nitrogens is 1. The minimum Gasteiger partial charge on any atom is -0.462 e. The zero-order valence-electron chi connectivity index (χ0n) is 12.2. The maximum Gasteiger partial charge on any atom is 0.352 e. The fourth-order valence-electron chi connectivity index (χ4n) is 1.50. The van der Waals surface area contributed by atoms with Gasteiger partial charge < -0.3 is 9.47 Å². The Labute approximate surface area is 119 Å². The van der Waals surface area contributed by atoms with Gasteiger partial charge in [0.1, 0.15) is 0 Å². The lowest BCUT2D eigenvalue weighted by molar-refractivity contribution is -0.169. The molecule has 0 saturated carbocycles. The van der Waals surface area contributed by atoms with Crippen molar-refractivity contribution in [1.82, 2.24) is 4.98 Å². The van der Waals surface area contributed by atoms with Gasteiger partial charge in [-0.3, -0.25) is 9.78 Å². The van der Waals surface area contributed by atoms with Gasteiger partial charge in [0.2, 0.25) is 6.10 Å². The molecule has 1 aromatic rings. The van der Waals surface area contributed by atoms with Crippen molar-refractivity contribution < 1.29 is 19.1 Å². The second-order valence-corrected chi connectivity index (χ2v) is 4.93. The van der Waals surface area contributed by atoms with Crippen LogP contribution in [-0.4, -0.2) is 23.5 Å². The molecule has 20 heavy (non-hydrogen) atoms. The number of pyridine rings is 1. The molecule has 0 radical (unpaired) electrons. The molecule has 0 aliphatic carbocycles. The van der Waals surface area contributed by atoms with Crippen LogP contribution in [0.3, 0.4) is 0 Å². The van der Waals surface area contributed by atoms with E-state index in [1.54, 1.807) is 18.3 Å². The summed E-state index contributed by atoms with van der Waals surface area (Å²) >= 11 is 0. The van der Waals surface area contributed by atoms with E-state index in [0.717, 1.165) is 0 Å². The summed E-state index contributed by atoms with van der Waals surface area (Å²) in [6.07, 6.45) is 2.99. The summed E-state index contributed by atoms with van der Waals surface area (Å²) < 4.78 is 10.4. The van der Waals surface area contributed by atoms with E-state index in [9.17, 15) is 9.59 Å². The largest absolute Gasteiger partial charge is 0.462 e. The van der Waals surface area contributed by atoms with E-state index < -0.39 is 18.0 Å². The second kappa shape index (κ2) is 8.30. The van der Waals surface area contributed by atoms with E-state index in [1.165, 1.54) is 6.20 Å². The first kappa shape index (κ1) is 16.1. The molecule has 1 unspecified atom stereocenters. The van der Waals surface area contributed by atoms with Crippen LogP contribution in [0.5, 0.6) is 0 Å². The van der Waals surface area contributed by atoms with Gasteiger partial charge in [0, 0.05) is 24.4 Å². The highest BCUT2D eigenvalue weighted by atomic mass is 16.6. The van der Waals surface area contributed by atoms with Gasteiger partial charge in [0.15, 0.2) is 0 Å². The third-order valence-corrected chi connectivity index (χ3v) is 2.46. The molecule has 110 valence electrons. The number of hydrogen-bond acceptors (Lipinski definition) is 5. The number of nitrogens with zero attached hydrogens (tertiary/aromatic N) is 1. The summed E-state index contributed by atoms with van der Waals surface area (Å²) in [5.41, 5.74) is 0.519. The van der Waals surface area contributed by atoms with Gasteiger partial charge in [-0.25, -0.2) is 4.79 Å². The summed E-state index contributed by atoms with van der Waals surface area (Å²) in [6, 6.07) is 3.37. The Balaban J connectivity index is 2.79. The molecule has 0 amide bonds. The van der Waals surface area contributed by atoms with Crippen LogP contribution in [0.25, 0.3) is 0 Å². The SMILES string of the molecule is CCCC(=O)OC(C(=O)OCC(C)C)c1cccnc1. The Morgan fingerprint density at radius 2 is 2.10 bits per heavy atom. The molecular formula is C15H21NO4. The standard InChI is InChI=1S/C15H21NO4/c1-4-6-13(17)20-14(12-7-5-8-16-9-12)15(18)19-10-11(2)3/h5,7-9,11,14H,4,6,10H2,1-3H3. The van der Waals surface area contributed by atoms with Crippen molar-refractivity contribution in [2.75, 3.05) is 6.61 Å². The first-order valence-electron chi connectivity index (χ1n) is 6.80. The maximum absolute atomic E-state index is 12.1. The van der Waals surface area contributed by atoms with Crippen molar-refractivity contribution in [1.29, 1.82) is 0 Å². The molecule has 5 heteroatoms. The Morgan fingerprint density at radius 1 is 1.35 bits per heavy atom. The summed E-state index contributed by atoms with van der Waals surface area (Å²) in [5, 5.41) is 0. The van der Waals surface area contributed by atoms with Crippen molar-refractivity contribution >= 4 is 11.9 Å². The average molecular weight is 279 g/mol. The number of ether oxygens (including phenoxy) is 2. The Morgan fingerprint density at radius 3 is 2.65 bits per heavy atom. The summed E-state index contributed by atoms with van der Waals surface area (Å²) in [4.78, 5) is 27.6. The van der Waals surface area contributed by atoms with Crippen molar-refractivity contribution in [2.45, 2.75) is 39.7 Å². The number of carbonyl (C=O) groups is 2. The van der Waals surface area contributed by atoms with Crippen LogP contribution >= 0.6 is 0 Å². The number of carbonyl (C=O) groups excluding carboxylic acids is 2. The highest BCUT2D eigenvalue weighted by Crippen LogP contribution is 2.19. The summed E-state index contributed by atoms with van der Waals surface area (Å²) in [5.74, 6) is -0.751. The van der Waals surface area contributed by atoms with Crippen LogP contribution < -0.4 is 0 Å². The minimum atomic E-state index is -1.04. The lowest BCUT2D eigenvalue weighted by Gasteiger charge is -2.17. The number of hydrogen-bond donors (Lipinski definition) is 0. The molecule has 1 atom stereocenters. The van der Waals surface area contributed by atoms with E-state index in [4.69, 9.17) is 9.47 Å². The first-order valence-corrected chi connectivity index (χ1v) is 6.80. The fourth-order valence-corrected chi connectivity index (χ4v) is 1.50. The van der Waals surface area contributed by atoms with Gasteiger partial charge in [0.05, 0.1) is 6.61 Å². The van der Waals surface area contributed by atoms with Crippen LogP contribution in [0.1, 0.15) is 45.3 Å². The Bertz CT molecular complexity index is 431. The van der Waals surface area contributed by atoms with Crippen LogP contribution in [0, 0.1) is 5.92 Å². The van der Waals surface area contributed by atoms with Gasteiger partial charge in [-0.05, 0) is 18.4 Å². The molecule has 0 aliphatic rings. The van der Waals surface area contributed by atoms with Crippen LogP contribution in [-0.2, 0) is 19.1 Å². The molecule has 0 saturated heterocycles. The molecule has 1 rings (SSSR count). The first-order chi connectivity index (χ1) is 9.54. The van der Waals surface area contributed by atoms with E-state index in [2.05, 4.69) is 4.98 Å². The molecule has 0 spiro atoms. The predicted octanol–water partition coefficient (Wildman–Crippen LogP) is 2.67. The molecule has 5 nitrogen and oxygen atoms in total. The molecule has 1 heterocycles. The summed E-state index contributed by atoms with van der Waals surface area (Å²) in [7, 11) is 0. The van der Waals surface area contributed by atoms with Crippen molar-refractivity contribution in [3.05, 3.63) is 30.1 Å². The molecule has 0 aliphatic heterocycles. The number of rotatable bonds is 7. The van der Waals surface area contributed by atoms with Crippen molar-refractivity contribution in [3.63, 3.8) is 0 Å². The van der Waals surface area contributed by atoms with Crippen LogP contribution in [0.2, 0.25) is 0 Å². The minimum absolute atomic E-state index is 0.222. The zero-order valence-corrected chi connectivity index (χ0v) is 12.2. The second-order valence-electron chi connectivity index (χ2n) is 4.93. The Hall–Kier alpha value is -1.91. The highest BCUT2D eigenvalue weighted by molar-refractivity contribution is 5.80. The van der Waals surface area contributed by atoms with E-state index >= 15 is 0 Å². The smallest absolute Gasteiger partial charge is 0.352 e. The van der Waals surface area contributed by atoms with Crippen LogP contribution in [0.15, 0.2) is 24.5 Å². The molecule has 0 fully saturated rings. The maximum atomic E-state index is 12.1. The van der Waals surface area contributed by atoms with E-state index in [0.29, 0.717) is 18.6 Å². The molecule has 1 aromatic heterocycles. The van der Waals surface area contributed by atoms with Gasteiger partial charge in [-0.1, -0.05) is 26.8 Å². The van der Waals surface area contributed by atoms with E-state index in [1.807, 2.05) is 20.8 Å². The number of esters is 2. The average Bonchev–Trinajstić information content (AvgIpc) is 2.43. The fraction of sp³-hybridized carbons (Fsp3) is 0.533. The van der Waals surface area contributed by atoms with Gasteiger partial charge in [-0.2, -0.15) is 0 Å². The molecule has 0 N–H and O–H groups in total. The third-order valence-electron chi connectivity index (χ3n) is 2.46. The zero-order chi connectivity index (χ0) is 15.0. The molecule has 0 aromatic carbocycles. The highest BCUT2D eigenvalue weighted by Gasteiger charge is 2.26. The molecular weight excluding hydrogens is 258 g/mol. The normalized spacial score (nSPS) is 12.0. The predicted molar refractivity (Wildman–Crippen MR) is 73.8 cm³/mol. The lowest BCUT2D eigenvalue weighted by atomic mass is 10.1. The molecule has 0 bridgehead atoms. The van der Waals surface area contributed by atoms with Crippen molar-refractivity contribution in [3.8, 4) is 0 Å². The summed E-state index contributed by atoms with van der Waals surface area (Å²) in [6.45, 7) is 6.04. The lowest BCUT2D eigenvalue weighted by Crippen LogP contribution is -2.23. The van der Waals surface area contributed by atoms with Crippen molar-refractivity contribution in [2.24, 2.45) is 5.92 Å². The topological polar surface area (TPSA) is 65.5 Å². The Kier molecular flexibility index (Phi) is 6.70. The van der Waals surface area contributed by atoms with Gasteiger partial charge in [0.25, 0.3) is 0 Å². The van der Waals surface area contributed by atoms with E-state index in [-0.39, 0.29) is 12.3 Å². The van der Waals surface area contributed by atoms with Gasteiger partial charge in [-0.15, -0.1) is 0 Å².